The molecule has 6 heteroatoms. The van der Waals surface area contributed by atoms with Gasteiger partial charge in [0.05, 0.1) is 36.1 Å². The van der Waals surface area contributed by atoms with Crippen LogP contribution in [0.5, 0.6) is 5.75 Å². The van der Waals surface area contributed by atoms with Gasteiger partial charge in [0.2, 0.25) is 0 Å². The van der Waals surface area contributed by atoms with Crippen LogP contribution in [-0.4, -0.2) is 12.1 Å². The summed E-state index contributed by atoms with van der Waals surface area (Å²) >= 11 is 5.45. The van der Waals surface area contributed by atoms with E-state index in [4.69, 9.17) is 22.1 Å². The molecule has 78 valence electrons. The Hall–Kier alpha value is -1.10. The number of nitrogen functional groups attached to an aromatic ring is 1. The van der Waals surface area contributed by atoms with Gasteiger partial charge in [-0.1, -0.05) is 0 Å². The van der Waals surface area contributed by atoms with Gasteiger partial charge in [0, 0.05) is 0 Å². The predicted octanol–water partition coefficient (Wildman–Crippen LogP) is 2.35. The number of anilines is 1. The molecule has 0 bridgehead atoms. The number of nitrogens with zero attached hydrogens (tertiary/aromatic N) is 1. The van der Waals surface area contributed by atoms with E-state index < -0.39 is 6.43 Å². The summed E-state index contributed by atoms with van der Waals surface area (Å²) in [5, 5.41) is 0. The normalized spacial score (nSPS) is 10.6. The first kappa shape index (κ1) is 11.0. The summed E-state index contributed by atoms with van der Waals surface area (Å²) in [7, 11) is 1.34. The van der Waals surface area contributed by atoms with Crippen molar-refractivity contribution in [3.05, 3.63) is 17.5 Å². The summed E-state index contributed by atoms with van der Waals surface area (Å²) in [6, 6.07) is 0. The fraction of sp³-hybridized carbons (Fsp3) is 0.375. The minimum Gasteiger partial charge on any atom is -0.493 e. The van der Waals surface area contributed by atoms with E-state index in [1.807, 2.05) is 0 Å². The van der Waals surface area contributed by atoms with Gasteiger partial charge in [-0.15, -0.1) is 11.6 Å². The number of pyridine rings is 1. The van der Waals surface area contributed by atoms with Crippen molar-refractivity contribution in [2.45, 2.75) is 12.3 Å². The minimum absolute atomic E-state index is 0.0833. The monoisotopic (exact) mass is 222 g/mol. The van der Waals surface area contributed by atoms with Crippen molar-refractivity contribution < 1.29 is 13.5 Å². The predicted molar refractivity (Wildman–Crippen MR) is 49.7 cm³/mol. The molecule has 1 heterocycles. The van der Waals surface area contributed by atoms with E-state index in [0.29, 0.717) is 0 Å². The van der Waals surface area contributed by atoms with Crippen LogP contribution in [0.15, 0.2) is 6.20 Å². The van der Waals surface area contributed by atoms with Gasteiger partial charge in [0.15, 0.2) is 5.75 Å². The largest absolute Gasteiger partial charge is 0.493 e. The molecule has 0 saturated heterocycles. The number of hydrogen-bond donors (Lipinski definition) is 1. The van der Waals surface area contributed by atoms with Gasteiger partial charge in [-0.3, -0.25) is 4.98 Å². The number of aromatic nitrogens is 1. The highest BCUT2D eigenvalue weighted by molar-refractivity contribution is 6.17. The third kappa shape index (κ3) is 1.87. The molecule has 0 aromatic carbocycles. The minimum atomic E-state index is -2.70. The van der Waals surface area contributed by atoms with E-state index >= 15 is 0 Å². The lowest BCUT2D eigenvalue weighted by molar-refractivity contribution is 0.150. The highest BCUT2D eigenvalue weighted by Gasteiger charge is 2.20. The van der Waals surface area contributed by atoms with Crippen LogP contribution in [0.1, 0.15) is 17.7 Å². The summed E-state index contributed by atoms with van der Waals surface area (Å²) < 4.78 is 29.9. The van der Waals surface area contributed by atoms with Gasteiger partial charge >= 0.3 is 0 Å². The standard InChI is InChI=1S/C8H9ClF2N2O/c1-14-5-3-13-4(2-9)6(7(5)12)8(10)11/h3,8H,2H2,1H3,(H2,12,13). The molecular formula is C8H9ClF2N2O. The number of rotatable bonds is 3. The lowest BCUT2D eigenvalue weighted by atomic mass is 10.1. The zero-order chi connectivity index (χ0) is 10.7. The zero-order valence-corrected chi connectivity index (χ0v) is 8.18. The Balaban J connectivity index is 3.31. The molecule has 0 saturated carbocycles. The molecule has 2 N–H and O–H groups in total. The first-order valence-corrected chi connectivity index (χ1v) is 4.30. The molecular weight excluding hydrogens is 214 g/mol. The van der Waals surface area contributed by atoms with Crippen molar-refractivity contribution >= 4 is 17.3 Å². The molecule has 1 aromatic rings. The maximum atomic E-state index is 12.6. The van der Waals surface area contributed by atoms with Crippen LogP contribution in [0, 0.1) is 0 Å². The summed E-state index contributed by atoms with van der Waals surface area (Å²) in [5.74, 6) is 0.0302. The molecule has 0 aliphatic carbocycles. The van der Waals surface area contributed by atoms with E-state index in [1.54, 1.807) is 0 Å². The van der Waals surface area contributed by atoms with Crippen molar-refractivity contribution in [1.82, 2.24) is 4.98 Å². The molecule has 3 nitrogen and oxygen atoms in total. The second kappa shape index (κ2) is 4.41. The maximum absolute atomic E-state index is 12.6. The lowest BCUT2D eigenvalue weighted by Gasteiger charge is -2.11. The quantitative estimate of drug-likeness (QED) is 0.799. The van der Waals surface area contributed by atoms with Gasteiger partial charge in [0.25, 0.3) is 6.43 Å². The first-order chi connectivity index (χ1) is 6.61. The van der Waals surface area contributed by atoms with Crippen molar-refractivity contribution in [3.63, 3.8) is 0 Å². The average molecular weight is 223 g/mol. The molecule has 1 rings (SSSR count). The van der Waals surface area contributed by atoms with E-state index in [0.717, 1.165) is 0 Å². The van der Waals surface area contributed by atoms with Crippen LogP contribution in [0.2, 0.25) is 0 Å². The Labute approximate surface area is 84.8 Å². The zero-order valence-electron chi connectivity index (χ0n) is 7.43. The maximum Gasteiger partial charge on any atom is 0.267 e. The molecule has 0 atom stereocenters. The van der Waals surface area contributed by atoms with Crippen LogP contribution in [0.3, 0.4) is 0 Å². The summed E-state index contributed by atoms with van der Waals surface area (Å²) in [6.45, 7) is 0. The third-order valence-electron chi connectivity index (χ3n) is 1.77. The molecule has 0 unspecified atom stereocenters. The summed E-state index contributed by atoms with van der Waals surface area (Å²) in [5.41, 5.74) is 5.10. The van der Waals surface area contributed by atoms with Gasteiger partial charge in [0.1, 0.15) is 0 Å². The number of ether oxygens (including phenoxy) is 1. The number of alkyl halides is 3. The Kier molecular flexibility index (Phi) is 3.46. The Morgan fingerprint density at radius 1 is 1.64 bits per heavy atom. The number of nitrogens with two attached hydrogens (primary N) is 1. The van der Waals surface area contributed by atoms with Gasteiger partial charge in [-0.2, -0.15) is 0 Å². The van der Waals surface area contributed by atoms with Crippen molar-refractivity contribution in [2.75, 3.05) is 12.8 Å². The van der Waals surface area contributed by atoms with E-state index in [9.17, 15) is 8.78 Å². The number of hydrogen-bond acceptors (Lipinski definition) is 3. The van der Waals surface area contributed by atoms with E-state index in [1.165, 1.54) is 13.3 Å². The van der Waals surface area contributed by atoms with Crippen molar-refractivity contribution in [2.24, 2.45) is 0 Å². The molecule has 1 aromatic heterocycles. The molecule has 0 aliphatic heterocycles. The highest BCUT2D eigenvalue weighted by Crippen LogP contribution is 2.34. The molecule has 14 heavy (non-hydrogen) atoms. The van der Waals surface area contributed by atoms with Crippen LogP contribution < -0.4 is 10.5 Å². The highest BCUT2D eigenvalue weighted by atomic mass is 35.5. The Bertz CT molecular complexity index is 333. The molecule has 0 aliphatic rings. The third-order valence-corrected chi connectivity index (χ3v) is 2.02. The van der Waals surface area contributed by atoms with Crippen molar-refractivity contribution in [1.29, 1.82) is 0 Å². The molecule has 0 amide bonds. The molecule has 0 radical (unpaired) electrons. The van der Waals surface area contributed by atoms with Crippen LogP contribution in [0.25, 0.3) is 0 Å². The van der Waals surface area contributed by atoms with E-state index in [-0.39, 0.29) is 28.6 Å². The second-order valence-electron chi connectivity index (χ2n) is 2.53. The topological polar surface area (TPSA) is 48.1 Å². The smallest absolute Gasteiger partial charge is 0.267 e. The van der Waals surface area contributed by atoms with Gasteiger partial charge in [-0.05, 0) is 0 Å². The van der Waals surface area contributed by atoms with Crippen LogP contribution >= 0.6 is 11.6 Å². The molecule has 0 spiro atoms. The van der Waals surface area contributed by atoms with Crippen LogP contribution in [-0.2, 0) is 5.88 Å². The second-order valence-corrected chi connectivity index (χ2v) is 2.80. The Morgan fingerprint density at radius 2 is 2.29 bits per heavy atom. The fourth-order valence-corrected chi connectivity index (χ4v) is 1.29. The Morgan fingerprint density at radius 3 is 2.71 bits per heavy atom. The van der Waals surface area contributed by atoms with Crippen molar-refractivity contribution in [3.8, 4) is 5.75 Å². The average Bonchev–Trinajstić information content (AvgIpc) is 2.16. The number of halogens is 3. The summed E-state index contributed by atoms with van der Waals surface area (Å²) in [4.78, 5) is 3.73. The van der Waals surface area contributed by atoms with Gasteiger partial charge < -0.3 is 10.5 Å². The lowest BCUT2D eigenvalue weighted by Crippen LogP contribution is -2.04. The number of methoxy groups -OCH3 is 1. The summed E-state index contributed by atoms with van der Waals surface area (Å²) in [6.07, 6.45) is -1.43. The molecule has 0 fully saturated rings. The van der Waals surface area contributed by atoms with E-state index in [2.05, 4.69) is 4.98 Å². The van der Waals surface area contributed by atoms with Gasteiger partial charge in [-0.25, -0.2) is 8.78 Å². The SMILES string of the molecule is COc1cnc(CCl)c(C(F)F)c1N. The fourth-order valence-electron chi connectivity index (χ4n) is 1.08. The first-order valence-electron chi connectivity index (χ1n) is 3.77. The van der Waals surface area contributed by atoms with Crippen LogP contribution in [0.4, 0.5) is 14.5 Å².